The Morgan fingerprint density at radius 2 is 0.919 bits per heavy atom. The zero-order chi connectivity index (χ0) is 27.1. The third-order valence-corrected chi connectivity index (χ3v) is 11.9. The number of pyridine rings is 1. The third-order valence-electron chi connectivity index (χ3n) is 4.82. The number of aromatic nitrogens is 1. The molecular formula is C19H10Cl9N2O6P. The number of hydrogen-bond donors (Lipinski definition) is 1. The number of rotatable bonds is 0. The van der Waals surface area contributed by atoms with Crippen molar-refractivity contribution in [3.05, 3.63) is 57.5 Å². The van der Waals surface area contributed by atoms with Gasteiger partial charge in [0.25, 0.3) is 0 Å². The van der Waals surface area contributed by atoms with Crippen molar-refractivity contribution in [3.8, 4) is 34.6 Å². The van der Waals surface area contributed by atoms with Crippen molar-refractivity contribution in [2.24, 2.45) is 0 Å². The summed E-state index contributed by atoms with van der Waals surface area (Å²) in [6.45, 7) is 0. The van der Waals surface area contributed by atoms with Crippen molar-refractivity contribution in [3.63, 3.8) is 0 Å². The SMILES string of the molecule is C[NH2+]C.Clc1cnc2c(c1)O[P-]13(O2)(Oc2c(Cl)c(Cl)c(Cl)c(Cl)c2O1)Oc1c(Cl)c(Cl)c(Cl)c(Cl)c1O3. The number of benzene rings is 2. The van der Waals surface area contributed by atoms with Crippen LogP contribution in [-0.4, -0.2) is 19.1 Å². The summed E-state index contributed by atoms with van der Waals surface area (Å²) in [6, 6.07) is 1.35. The topological polar surface area (TPSA) is 84.9 Å². The van der Waals surface area contributed by atoms with E-state index in [1.807, 2.05) is 19.4 Å². The molecule has 0 unspecified atom stereocenters. The Hall–Kier alpha value is -0.610. The van der Waals surface area contributed by atoms with E-state index in [1.54, 1.807) is 0 Å². The maximum atomic E-state index is 6.39. The van der Waals surface area contributed by atoms with Crippen LogP contribution in [0.1, 0.15) is 0 Å². The Kier molecular flexibility index (Phi) is 6.56. The number of halogens is 9. The van der Waals surface area contributed by atoms with Crippen molar-refractivity contribution in [2.75, 3.05) is 14.1 Å². The van der Waals surface area contributed by atoms with E-state index in [0.29, 0.717) is 0 Å². The number of nitrogens with two attached hydrogens (primary N) is 1. The molecule has 0 aliphatic carbocycles. The molecule has 0 saturated heterocycles. The Bertz CT molecular complexity index is 1390. The van der Waals surface area contributed by atoms with Gasteiger partial charge < -0.3 is 5.32 Å². The van der Waals surface area contributed by atoms with E-state index in [4.69, 9.17) is 132 Å². The summed E-state index contributed by atoms with van der Waals surface area (Å²) in [4.78, 5) is 4.08. The molecular weight excluding hydrogens is 702 g/mol. The van der Waals surface area contributed by atoms with Gasteiger partial charge in [-0.05, 0) is 0 Å². The molecule has 4 heterocycles. The molecule has 0 saturated carbocycles. The van der Waals surface area contributed by atoms with Crippen LogP contribution >= 0.6 is 112 Å². The molecule has 2 N–H and O–H groups in total. The van der Waals surface area contributed by atoms with Gasteiger partial charge in [0.05, 0.1) is 14.1 Å². The van der Waals surface area contributed by atoms with Gasteiger partial charge in [-0.1, -0.05) is 0 Å². The van der Waals surface area contributed by atoms with E-state index in [-0.39, 0.29) is 79.8 Å². The summed E-state index contributed by atoms with van der Waals surface area (Å²) < 4.78 is 36.6. The quantitative estimate of drug-likeness (QED) is 0.142. The summed E-state index contributed by atoms with van der Waals surface area (Å²) in [5.74, 6) is -1.35. The summed E-state index contributed by atoms with van der Waals surface area (Å²) >= 11 is 56.4. The number of fused-ring (bicyclic) bond motifs is 3. The fourth-order valence-electron chi connectivity index (χ4n) is 3.45. The minimum atomic E-state index is -6.54. The first-order valence-corrected chi connectivity index (χ1v) is 15.4. The molecule has 1 aromatic heterocycles. The van der Waals surface area contributed by atoms with Gasteiger partial charge in [0.2, 0.25) is 0 Å². The summed E-state index contributed by atoms with van der Waals surface area (Å²) in [5.41, 5.74) is 0. The molecule has 0 atom stereocenters. The van der Waals surface area contributed by atoms with Crippen LogP contribution in [0.2, 0.25) is 45.2 Å². The normalized spacial score (nSPS) is 19.5. The monoisotopic (exact) mass is 708 g/mol. The van der Waals surface area contributed by atoms with E-state index in [2.05, 4.69) is 4.98 Å². The van der Waals surface area contributed by atoms with Crippen LogP contribution in [0.5, 0.6) is 34.6 Å². The Labute approximate surface area is 253 Å². The summed E-state index contributed by atoms with van der Waals surface area (Å²) in [7, 11) is -2.54. The Balaban J connectivity index is 0.000000892. The average Bonchev–Trinajstić information content (AvgIpc) is 3.45. The van der Waals surface area contributed by atoms with Crippen molar-refractivity contribution in [1.82, 2.24) is 4.98 Å². The molecule has 37 heavy (non-hydrogen) atoms. The van der Waals surface area contributed by atoms with Gasteiger partial charge in [0.1, 0.15) is 0 Å². The molecule has 18 heteroatoms. The van der Waals surface area contributed by atoms with E-state index in [9.17, 15) is 0 Å². The number of nitrogens with zero attached hydrogens (tertiary/aromatic N) is 1. The van der Waals surface area contributed by atoms with Crippen LogP contribution in [0.25, 0.3) is 0 Å². The third kappa shape index (κ3) is 3.76. The maximum absolute atomic E-state index is 6.54. The van der Waals surface area contributed by atoms with Crippen LogP contribution in [-0.2, 0) is 0 Å². The molecule has 6 rings (SSSR count). The molecule has 8 nitrogen and oxygen atoms in total. The first-order chi connectivity index (χ1) is 17.3. The zero-order valence-electron chi connectivity index (χ0n) is 18.0. The number of quaternary nitrogens is 1. The fraction of sp³-hybridized carbons (Fsp3) is 0.105. The van der Waals surface area contributed by atoms with Crippen molar-refractivity contribution in [2.45, 2.75) is 0 Å². The molecule has 3 aromatic rings. The van der Waals surface area contributed by atoms with Gasteiger partial charge in [-0.25, -0.2) is 0 Å². The second kappa shape index (κ2) is 8.69. The molecule has 0 radical (unpaired) electrons. The molecule has 2 aromatic carbocycles. The average molecular weight is 712 g/mol. The van der Waals surface area contributed by atoms with Gasteiger partial charge in [0, 0.05) is 0 Å². The zero-order valence-corrected chi connectivity index (χ0v) is 25.7. The second-order valence-corrected chi connectivity index (χ2v) is 14.3. The first kappa shape index (κ1) is 27.9. The van der Waals surface area contributed by atoms with Crippen LogP contribution < -0.4 is 32.5 Å². The first-order valence-electron chi connectivity index (χ1n) is 9.77. The second-order valence-electron chi connectivity index (χ2n) is 7.53. The van der Waals surface area contributed by atoms with Gasteiger partial charge in [0.15, 0.2) is 0 Å². The van der Waals surface area contributed by atoms with Crippen LogP contribution in [0, 0.1) is 0 Å². The predicted octanol–water partition coefficient (Wildman–Crippen LogP) is 9.06. The molecule has 3 aliphatic rings. The van der Waals surface area contributed by atoms with E-state index < -0.39 is 7.31 Å². The Morgan fingerprint density at radius 1 is 0.568 bits per heavy atom. The van der Waals surface area contributed by atoms with E-state index in [0.717, 1.165) is 0 Å². The number of hydrogen-bond acceptors (Lipinski definition) is 7. The van der Waals surface area contributed by atoms with Gasteiger partial charge in [-0.15, -0.1) is 0 Å². The van der Waals surface area contributed by atoms with Gasteiger partial charge in [-0.2, -0.15) is 0 Å². The van der Waals surface area contributed by atoms with Gasteiger partial charge >= 0.3 is 236 Å². The van der Waals surface area contributed by atoms with Crippen LogP contribution in [0.4, 0.5) is 0 Å². The van der Waals surface area contributed by atoms with Crippen LogP contribution in [0.3, 0.4) is 0 Å². The standard InChI is InChI=1S/C17H2Cl9NO6P.C2H7N/c18-3-1-4-17(27-2-3)33-34(28-4,29-13-9(23)5(19)6(20)10(24)14(13)30-34)31-15-11(25)7(21)8(22)12(26)16(15)32-34;1-3-2/h1-2H;3H,1-2H3/q-1;/p+1. The van der Waals surface area contributed by atoms with Gasteiger partial charge in [-0.3, -0.25) is 0 Å². The predicted molar refractivity (Wildman–Crippen MR) is 147 cm³/mol. The molecule has 0 bridgehead atoms. The minimum absolute atomic E-state index is 0.0856. The fourth-order valence-corrected chi connectivity index (χ4v) is 9.38. The van der Waals surface area contributed by atoms with E-state index in [1.165, 1.54) is 12.3 Å². The summed E-state index contributed by atoms with van der Waals surface area (Å²) in [6.07, 6.45) is 1.27. The Morgan fingerprint density at radius 3 is 1.27 bits per heavy atom. The van der Waals surface area contributed by atoms with Crippen molar-refractivity contribution in [1.29, 1.82) is 0 Å². The molecule has 1 spiro atoms. The van der Waals surface area contributed by atoms with Crippen molar-refractivity contribution >= 4 is 112 Å². The molecule has 200 valence electrons. The molecule has 3 aliphatic heterocycles. The van der Waals surface area contributed by atoms with E-state index >= 15 is 0 Å². The molecule has 0 amide bonds. The molecule has 0 fully saturated rings. The van der Waals surface area contributed by atoms with Crippen LogP contribution in [0.15, 0.2) is 12.3 Å². The summed E-state index contributed by atoms with van der Waals surface area (Å²) in [5, 5.41) is 0.718. The van der Waals surface area contributed by atoms with Crippen molar-refractivity contribution < 1.29 is 32.5 Å².